The molecule has 0 fully saturated rings. The molecule has 2 aromatic rings. The fourth-order valence-corrected chi connectivity index (χ4v) is 2.90. The smallest absolute Gasteiger partial charge is 0.0361 e. The van der Waals surface area contributed by atoms with Crippen LogP contribution in [-0.4, -0.2) is 19.0 Å². The summed E-state index contributed by atoms with van der Waals surface area (Å²) in [5.74, 6) is 0. The molecule has 1 aromatic carbocycles. The molecule has 0 radical (unpaired) electrons. The third kappa shape index (κ3) is 3.19. The van der Waals surface area contributed by atoms with Crippen LogP contribution in [0.2, 0.25) is 0 Å². The number of nitrogens with zero attached hydrogens (tertiary/aromatic N) is 1. The number of thiophene rings is 1. The van der Waals surface area contributed by atoms with Crippen molar-refractivity contribution >= 4 is 11.3 Å². The Morgan fingerprint density at radius 3 is 2.61 bits per heavy atom. The van der Waals surface area contributed by atoms with Crippen LogP contribution in [-0.2, 0) is 6.54 Å². The summed E-state index contributed by atoms with van der Waals surface area (Å²) in [4.78, 5) is 4.71. The molecule has 0 aliphatic rings. The minimum Gasteiger partial charge on any atom is -0.324 e. The van der Waals surface area contributed by atoms with Crippen LogP contribution < -0.4 is 5.73 Å². The van der Waals surface area contributed by atoms with Gasteiger partial charge in [-0.2, -0.15) is 0 Å². The van der Waals surface area contributed by atoms with Gasteiger partial charge in [-0.1, -0.05) is 18.2 Å². The minimum atomic E-state index is 0.119. The zero-order chi connectivity index (χ0) is 13.1. The Morgan fingerprint density at radius 2 is 2.00 bits per heavy atom. The maximum absolute atomic E-state index is 5.90. The van der Waals surface area contributed by atoms with E-state index in [1.54, 1.807) is 11.3 Å². The first-order valence-electron chi connectivity index (χ1n) is 6.15. The number of hydrogen-bond donors (Lipinski definition) is 1. The van der Waals surface area contributed by atoms with Crippen LogP contribution in [0.5, 0.6) is 0 Å². The van der Waals surface area contributed by atoms with Gasteiger partial charge < -0.3 is 10.6 Å². The molecule has 0 aliphatic carbocycles. The zero-order valence-electron chi connectivity index (χ0n) is 11.2. The van der Waals surface area contributed by atoms with Gasteiger partial charge in [0.1, 0.15) is 0 Å². The molecule has 2 nitrogen and oxygen atoms in total. The Morgan fingerprint density at radius 1 is 1.22 bits per heavy atom. The van der Waals surface area contributed by atoms with Gasteiger partial charge in [-0.05, 0) is 50.3 Å². The van der Waals surface area contributed by atoms with Gasteiger partial charge >= 0.3 is 0 Å². The van der Waals surface area contributed by atoms with Gasteiger partial charge in [-0.15, -0.1) is 11.3 Å². The van der Waals surface area contributed by atoms with E-state index in [-0.39, 0.29) is 6.04 Å². The number of benzene rings is 1. The summed E-state index contributed by atoms with van der Waals surface area (Å²) in [6.45, 7) is 3.00. The van der Waals surface area contributed by atoms with Gasteiger partial charge in [0, 0.05) is 22.3 Å². The van der Waals surface area contributed by atoms with Crippen LogP contribution in [0.1, 0.15) is 23.4 Å². The van der Waals surface area contributed by atoms with E-state index >= 15 is 0 Å². The highest BCUT2D eigenvalue weighted by molar-refractivity contribution is 7.15. The Balaban J connectivity index is 2.26. The number of nitrogens with two attached hydrogens (primary N) is 1. The van der Waals surface area contributed by atoms with Gasteiger partial charge in [-0.25, -0.2) is 0 Å². The molecule has 3 heteroatoms. The van der Waals surface area contributed by atoms with E-state index in [9.17, 15) is 0 Å². The summed E-state index contributed by atoms with van der Waals surface area (Å²) in [6.07, 6.45) is 0. The van der Waals surface area contributed by atoms with E-state index in [0.29, 0.717) is 0 Å². The van der Waals surface area contributed by atoms with Crippen molar-refractivity contribution in [2.45, 2.75) is 19.5 Å². The van der Waals surface area contributed by atoms with E-state index in [1.807, 2.05) is 6.92 Å². The van der Waals surface area contributed by atoms with Crippen LogP contribution >= 0.6 is 11.3 Å². The molecule has 0 aliphatic heterocycles. The Hall–Kier alpha value is -1.16. The van der Waals surface area contributed by atoms with Crippen molar-refractivity contribution in [2.24, 2.45) is 5.73 Å². The Bertz CT molecular complexity index is 515. The van der Waals surface area contributed by atoms with Crippen molar-refractivity contribution in [3.63, 3.8) is 0 Å². The lowest BCUT2D eigenvalue weighted by atomic mass is 10.1. The van der Waals surface area contributed by atoms with Gasteiger partial charge in [0.2, 0.25) is 0 Å². The van der Waals surface area contributed by atoms with Gasteiger partial charge in [0.15, 0.2) is 0 Å². The summed E-state index contributed by atoms with van der Waals surface area (Å²) in [6, 6.07) is 13.1. The Kier molecular flexibility index (Phi) is 4.17. The third-order valence-corrected chi connectivity index (χ3v) is 4.12. The van der Waals surface area contributed by atoms with Crippen molar-refractivity contribution in [1.29, 1.82) is 0 Å². The van der Waals surface area contributed by atoms with E-state index in [2.05, 4.69) is 55.4 Å². The molecule has 2 N–H and O–H groups in total. The van der Waals surface area contributed by atoms with Gasteiger partial charge in [0.05, 0.1) is 0 Å². The Labute approximate surface area is 113 Å². The fraction of sp³-hybridized carbons (Fsp3) is 0.333. The molecular weight excluding hydrogens is 240 g/mol. The first kappa shape index (κ1) is 13.3. The molecule has 0 spiro atoms. The minimum absolute atomic E-state index is 0.119. The zero-order valence-corrected chi connectivity index (χ0v) is 12.0. The lowest BCUT2D eigenvalue weighted by molar-refractivity contribution is 0.402. The average molecular weight is 260 g/mol. The summed E-state index contributed by atoms with van der Waals surface area (Å²) in [5.41, 5.74) is 8.53. The molecule has 0 amide bonds. The molecule has 1 heterocycles. The van der Waals surface area contributed by atoms with E-state index < -0.39 is 0 Å². The van der Waals surface area contributed by atoms with E-state index in [4.69, 9.17) is 5.73 Å². The normalized spacial score (nSPS) is 12.9. The predicted molar refractivity (Wildman–Crippen MR) is 79.7 cm³/mol. The molecule has 1 atom stereocenters. The van der Waals surface area contributed by atoms with E-state index in [1.165, 1.54) is 20.9 Å². The van der Waals surface area contributed by atoms with Crippen molar-refractivity contribution in [3.05, 3.63) is 46.8 Å². The van der Waals surface area contributed by atoms with Crippen LogP contribution in [0.25, 0.3) is 10.4 Å². The molecule has 18 heavy (non-hydrogen) atoms. The highest BCUT2D eigenvalue weighted by Gasteiger charge is 2.06. The summed E-state index contributed by atoms with van der Waals surface area (Å²) in [7, 11) is 4.18. The second-order valence-corrected chi connectivity index (χ2v) is 6.04. The molecule has 0 saturated carbocycles. The number of rotatable bonds is 4. The monoisotopic (exact) mass is 260 g/mol. The first-order chi connectivity index (χ1) is 8.56. The summed E-state index contributed by atoms with van der Waals surface area (Å²) >= 11 is 1.78. The molecule has 1 unspecified atom stereocenters. The lowest BCUT2D eigenvalue weighted by Gasteiger charge is -2.10. The highest BCUT2D eigenvalue weighted by atomic mass is 32.1. The number of hydrogen-bond acceptors (Lipinski definition) is 3. The average Bonchev–Trinajstić information content (AvgIpc) is 2.77. The molecule has 0 bridgehead atoms. The summed E-state index contributed by atoms with van der Waals surface area (Å²) < 4.78 is 0. The van der Waals surface area contributed by atoms with Gasteiger partial charge in [-0.3, -0.25) is 0 Å². The molecule has 1 aromatic heterocycles. The quantitative estimate of drug-likeness (QED) is 0.911. The first-order valence-corrected chi connectivity index (χ1v) is 6.97. The summed E-state index contributed by atoms with van der Waals surface area (Å²) in [5, 5.41) is 0. The third-order valence-electron chi connectivity index (χ3n) is 2.79. The fourth-order valence-electron chi connectivity index (χ4n) is 1.94. The standard InChI is InChI=1S/C15H20N2S/c1-11(16)14-7-8-15(18-14)13-6-4-5-12(9-13)10-17(2)3/h4-9,11H,10,16H2,1-3H3. The van der Waals surface area contributed by atoms with Crippen molar-refractivity contribution < 1.29 is 0 Å². The van der Waals surface area contributed by atoms with Crippen LogP contribution in [0.4, 0.5) is 0 Å². The largest absolute Gasteiger partial charge is 0.324 e. The van der Waals surface area contributed by atoms with Crippen LogP contribution in [0.3, 0.4) is 0 Å². The van der Waals surface area contributed by atoms with Crippen LogP contribution in [0.15, 0.2) is 36.4 Å². The molecule has 2 rings (SSSR count). The highest BCUT2D eigenvalue weighted by Crippen LogP contribution is 2.31. The second kappa shape index (κ2) is 5.65. The maximum atomic E-state index is 5.90. The SMILES string of the molecule is CC(N)c1ccc(-c2cccc(CN(C)C)c2)s1. The topological polar surface area (TPSA) is 29.3 Å². The maximum Gasteiger partial charge on any atom is 0.0361 e. The van der Waals surface area contributed by atoms with Crippen molar-refractivity contribution in [1.82, 2.24) is 4.90 Å². The van der Waals surface area contributed by atoms with Crippen molar-refractivity contribution in [2.75, 3.05) is 14.1 Å². The van der Waals surface area contributed by atoms with Gasteiger partial charge in [0.25, 0.3) is 0 Å². The lowest BCUT2D eigenvalue weighted by Crippen LogP contribution is -2.10. The van der Waals surface area contributed by atoms with Crippen LogP contribution in [0, 0.1) is 0 Å². The predicted octanol–water partition coefficient (Wildman–Crippen LogP) is 3.50. The molecule has 96 valence electrons. The van der Waals surface area contributed by atoms with E-state index in [0.717, 1.165) is 6.54 Å². The second-order valence-electron chi connectivity index (χ2n) is 4.93. The van der Waals surface area contributed by atoms with Crippen molar-refractivity contribution in [3.8, 4) is 10.4 Å². The molecular formula is C15H20N2S. The molecule has 0 saturated heterocycles.